The lowest BCUT2D eigenvalue weighted by Crippen LogP contribution is -2.38. The van der Waals surface area contributed by atoms with Gasteiger partial charge in [0.2, 0.25) is 0 Å². The summed E-state index contributed by atoms with van der Waals surface area (Å²) in [6.07, 6.45) is 0.521. The van der Waals surface area contributed by atoms with Crippen molar-refractivity contribution >= 4 is 17.8 Å². The highest BCUT2D eigenvalue weighted by Gasteiger charge is 2.31. The van der Waals surface area contributed by atoms with Crippen molar-refractivity contribution in [1.29, 1.82) is 0 Å². The van der Waals surface area contributed by atoms with Gasteiger partial charge in [-0.2, -0.15) is 15.1 Å². The summed E-state index contributed by atoms with van der Waals surface area (Å²) >= 11 is 0. The van der Waals surface area contributed by atoms with Gasteiger partial charge in [-0.05, 0) is 5.56 Å². The summed E-state index contributed by atoms with van der Waals surface area (Å²) in [5.41, 5.74) is 2.02. The molecular formula is C18H19N5O3. The molecule has 3 heterocycles. The molecule has 134 valence electrons. The summed E-state index contributed by atoms with van der Waals surface area (Å²) in [7, 11) is 0. The first kappa shape index (κ1) is 16.7. The Balaban J connectivity index is 1.39. The van der Waals surface area contributed by atoms with Gasteiger partial charge in [0.15, 0.2) is 5.84 Å². The Labute approximate surface area is 150 Å². The number of morpholine rings is 1. The van der Waals surface area contributed by atoms with E-state index < -0.39 is 5.91 Å². The van der Waals surface area contributed by atoms with Gasteiger partial charge in [0.25, 0.3) is 5.91 Å². The van der Waals surface area contributed by atoms with Crippen LogP contribution in [0.4, 0.5) is 0 Å². The van der Waals surface area contributed by atoms with Gasteiger partial charge in [0, 0.05) is 26.1 Å². The lowest BCUT2D eigenvalue weighted by Gasteiger charge is -2.26. The second kappa shape index (κ2) is 7.67. The van der Waals surface area contributed by atoms with Crippen LogP contribution in [0.2, 0.25) is 0 Å². The van der Waals surface area contributed by atoms with Gasteiger partial charge in [0.1, 0.15) is 12.2 Å². The lowest BCUT2D eigenvalue weighted by atomic mass is 10.1. The van der Waals surface area contributed by atoms with Crippen molar-refractivity contribution in [3.8, 4) is 0 Å². The van der Waals surface area contributed by atoms with Crippen LogP contribution in [0.5, 0.6) is 0 Å². The van der Waals surface area contributed by atoms with E-state index in [9.17, 15) is 4.79 Å². The number of benzene rings is 1. The molecule has 0 spiro atoms. The molecule has 1 aromatic rings. The fraction of sp³-hybridized carbons (Fsp3) is 0.389. The van der Waals surface area contributed by atoms with Crippen LogP contribution in [0.25, 0.3) is 0 Å². The highest BCUT2D eigenvalue weighted by Crippen LogP contribution is 2.25. The highest BCUT2D eigenvalue weighted by atomic mass is 16.5. The molecule has 8 heteroatoms. The SMILES string of the molecule is O=C1N=C(OCCN2CCOCC2)N=C2N=NC(Cc3ccccc3)=C12. The van der Waals surface area contributed by atoms with Gasteiger partial charge >= 0.3 is 6.02 Å². The van der Waals surface area contributed by atoms with E-state index in [-0.39, 0.29) is 11.9 Å². The summed E-state index contributed by atoms with van der Waals surface area (Å²) in [6.45, 7) is 4.39. The van der Waals surface area contributed by atoms with E-state index in [1.807, 2.05) is 30.3 Å². The number of amides is 1. The molecule has 0 atom stereocenters. The zero-order chi connectivity index (χ0) is 17.8. The standard InChI is InChI=1S/C18H19N5O3/c24-17-15-14(12-13-4-2-1-3-5-13)21-22-16(15)19-18(20-17)26-11-8-23-6-9-25-10-7-23/h1-5H,6-12H2. The Morgan fingerprint density at radius 1 is 1.08 bits per heavy atom. The van der Waals surface area contributed by atoms with Crippen LogP contribution in [-0.2, 0) is 20.7 Å². The van der Waals surface area contributed by atoms with E-state index in [2.05, 4.69) is 25.1 Å². The first-order chi connectivity index (χ1) is 12.8. The number of rotatable bonds is 5. The topological polar surface area (TPSA) is 88.2 Å². The Morgan fingerprint density at radius 3 is 2.69 bits per heavy atom. The van der Waals surface area contributed by atoms with Crippen LogP contribution in [0.15, 0.2) is 61.8 Å². The van der Waals surface area contributed by atoms with Crippen LogP contribution in [0.1, 0.15) is 5.56 Å². The molecule has 3 aliphatic heterocycles. The van der Waals surface area contributed by atoms with Crippen molar-refractivity contribution in [2.24, 2.45) is 20.2 Å². The minimum absolute atomic E-state index is 0.0573. The van der Waals surface area contributed by atoms with Crippen molar-refractivity contribution in [3.63, 3.8) is 0 Å². The van der Waals surface area contributed by atoms with Crippen molar-refractivity contribution in [2.45, 2.75) is 6.42 Å². The van der Waals surface area contributed by atoms with E-state index >= 15 is 0 Å². The summed E-state index contributed by atoms with van der Waals surface area (Å²) in [5, 5.41) is 8.14. The molecule has 26 heavy (non-hydrogen) atoms. The number of nitrogens with zero attached hydrogens (tertiary/aromatic N) is 5. The lowest BCUT2D eigenvalue weighted by molar-refractivity contribution is -0.114. The number of carbonyl (C=O) groups is 1. The second-order valence-electron chi connectivity index (χ2n) is 6.12. The molecular weight excluding hydrogens is 334 g/mol. The number of azo groups is 1. The second-order valence-corrected chi connectivity index (χ2v) is 6.12. The molecule has 0 bridgehead atoms. The smallest absolute Gasteiger partial charge is 0.322 e. The molecule has 0 unspecified atom stereocenters. The zero-order valence-electron chi connectivity index (χ0n) is 14.3. The minimum atomic E-state index is -0.396. The fourth-order valence-electron chi connectivity index (χ4n) is 2.96. The van der Waals surface area contributed by atoms with Crippen LogP contribution >= 0.6 is 0 Å². The molecule has 1 aromatic carbocycles. The fourth-order valence-corrected chi connectivity index (χ4v) is 2.96. The monoisotopic (exact) mass is 353 g/mol. The molecule has 1 saturated heterocycles. The summed E-state index contributed by atoms with van der Waals surface area (Å²) in [6, 6.07) is 9.86. The number of carbonyl (C=O) groups excluding carboxylic acids is 1. The van der Waals surface area contributed by atoms with Gasteiger partial charge in [-0.3, -0.25) is 9.69 Å². The Kier molecular flexibility index (Phi) is 4.94. The van der Waals surface area contributed by atoms with Gasteiger partial charge < -0.3 is 9.47 Å². The molecule has 0 saturated carbocycles. The van der Waals surface area contributed by atoms with Crippen LogP contribution in [0, 0.1) is 0 Å². The number of hydrogen-bond acceptors (Lipinski definition) is 7. The maximum absolute atomic E-state index is 12.4. The summed E-state index contributed by atoms with van der Waals surface area (Å²) < 4.78 is 10.9. The normalized spacial score (nSPS) is 20.1. The van der Waals surface area contributed by atoms with Crippen LogP contribution in [0.3, 0.4) is 0 Å². The van der Waals surface area contributed by atoms with Gasteiger partial charge in [-0.1, -0.05) is 30.3 Å². The third-order valence-corrected chi connectivity index (χ3v) is 4.35. The van der Waals surface area contributed by atoms with E-state index in [0.29, 0.717) is 24.3 Å². The Hall–Kier alpha value is -2.71. The summed E-state index contributed by atoms with van der Waals surface area (Å²) in [4.78, 5) is 22.8. The quantitative estimate of drug-likeness (QED) is 0.804. The number of ether oxygens (including phenoxy) is 2. The van der Waals surface area contributed by atoms with Crippen molar-refractivity contribution in [1.82, 2.24) is 4.90 Å². The zero-order valence-corrected chi connectivity index (χ0v) is 14.3. The third kappa shape index (κ3) is 3.76. The molecule has 0 aliphatic carbocycles. The molecule has 1 amide bonds. The third-order valence-electron chi connectivity index (χ3n) is 4.35. The average molecular weight is 353 g/mol. The first-order valence-corrected chi connectivity index (χ1v) is 8.63. The van der Waals surface area contributed by atoms with E-state index in [4.69, 9.17) is 9.47 Å². The van der Waals surface area contributed by atoms with E-state index in [1.165, 1.54) is 0 Å². The maximum Gasteiger partial charge on any atom is 0.322 e. The molecule has 3 aliphatic rings. The molecule has 1 fully saturated rings. The molecule has 0 radical (unpaired) electrons. The summed E-state index contributed by atoms with van der Waals surface area (Å²) in [5.74, 6) is -0.107. The minimum Gasteiger partial charge on any atom is -0.462 e. The van der Waals surface area contributed by atoms with E-state index in [1.54, 1.807) is 0 Å². The predicted molar refractivity (Wildman–Crippen MR) is 95.1 cm³/mol. The molecule has 0 N–H and O–H groups in total. The van der Waals surface area contributed by atoms with Crippen molar-refractivity contribution in [2.75, 3.05) is 39.5 Å². The van der Waals surface area contributed by atoms with E-state index in [0.717, 1.165) is 38.4 Å². The molecule has 0 aromatic heterocycles. The van der Waals surface area contributed by atoms with Gasteiger partial charge in [-0.15, -0.1) is 5.11 Å². The van der Waals surface area contributed by atoms with Crippen LogP contribution in [-0.4, -0.2) is 62.1 Å². The first-order valence-electron chi connectivity index (χ1n) is 8.63. The van der Waals surface area contributed by atoms with Gasteiger partial charge in [0.05, 0.1) is 18.9 Å². The van der Waals surface area contributed by atoms with Gasteiger partial charge in [-0.25, -0.2) is 0 Å². The average Bonchev–Trinajstić information content (AvgIpc) is 3.07. The predicted octanol–water partition coefficient (Wildman–Crippen LogP) is 1.59. The maximum atomic E-state index is 12.4. The van der Waals surface area contributed by atoms with Crippen molar-refractivity contribution < 1.29 is 14.3 Å². The number of allylic oxidation sites excluding steroid dienone is 1. The highest BCUT2D eigenvalue weighted by molar-refractivity contribution is 6.28. The number of aliphatic imine (C=N–C) groups is 2. The Morgan fingerprint density at radius 2 is 1.88 bits per heavy atom. The number of amidine groups is 2. The van der Waals surface area contributed by atoms with Crippen molar-refractivity contribution in [3.05, 3.63) is 47.2 Å². The molecule has 4 rings (SSSR count). The Bertz CT molecular complexity index is 807. The largest absolute Gasteiger partial charge is 0.462 e. The van der Waals surface area contributed by atoms with Crippen LogP contribution < -0.4 is 0 Å². The molecule has 8 nitrogen and oxygen atoms in total. The number of fused-ring (bicyclic) bond motifs is 1. The number of hydrogen-bond donors (Lipinski definition) is 0.